The zero-order valence-electron chi connectivity index (χ0n) is 10.7. The number of thiophene rings is 1. The van der Waals surface area contributed by atoms with Gasteiger partial charge in [0.05, 0.1) is 5.56 Å². The number of hydrogen-bond acceptors (Lipinski definition) is 4. The number of carboxylic acids is 1. The molecular formula is C12H13N3O3S. The number of aryl methyl sites for hydroxylation is 2. The smallest absolute Gasteiger partial charge is 0.338 e. The van der Waals surface area contributed by atoms with Gasteiger partial charge in [0.1, 0.15) is 10.7 Å². The Morgan fingerprint density at radius 3 is 2.63 bits per heavy atom. The molecule has 0 aliphatic rings. The van der Waals surface area contributed by atoms with Crippen LogP contribution in [-0.4, -0.2) is 26.8 Å². The number of hydrogen-bond donors (Lipinski definition) is 2. The number of carbonyl (C=O) groups excluding carboxylic acids is 1. The van der Waals surface area contributed by atoms with E-state index in [0.717, 1.165) is 4.88 Å². The first-order valence-corrected chi connectivity index (χ1v) is 6.36. The first-order valence-electron chi connectivity index (χ1n) is 5.54. The highest BCUT2D eigenvalue weighted by Gasteiger charge is 2.21. The fraction of sp³-hybridized carbons (Fsp3) is 0.250. The molecule has 6 nitrogen and oxygen atoms in total. The van der Waals surface area contributed by atoms with Gasteiger partial charge in [0.2, 0.25) is 0 Å². The zero-order valence-corrected chi connectivity index (χ0v) is 11.5. The molecule has 0 aromatic carbocycles. The number of carboxylic acid groups (broad SMARTS) is 1. The van der Waals surface area contributed by atoms with E-state index in [1.807, 2.05) is 6.92 Å². The fourth-order valence-corrected chi connectivity index (χ4v) is 2.78. The second kappa shape index (κ2) is 4.85. The molecule has 2 aromatic rings. The molecule has 1 amide bonds. The number of carbonyl (C=O) groups is 2. The summed E-state index contributed by atoms with van der Waals surface area (Å²) in [5.74, 6) is -1.41. The predicted molar refractivity (Wildman–Crippen MR) is 71.9 cm³/mol. The predicted octanol–water partition coefficient (Wildman–Crippen LogP) is 2.05. The number of aromatic carboxylic acids is 1. The topological polar surface area (TPSA) is 84.2 Å². The first-order chi connectivity index (χ1) is 8.91. The Bertz CT molecular complexity index is 657. The molecule has 0 spiro atoms. The van der Waals surface area contributed by atoms with Gasteiger partial charge in [0.25, 0.3) is 5.91 Å². The van der Waals surface area contributed by atoms with E-state index in [0.29, 0.717) is 16.3 Å². The normalized spacial score (nSPS) is 10.5. The molecule has 7 heteroatoms. The van der Waals surface area contributed by atoms with Crippen molar-refractivity contribution in [3.63, 3.8) is 0 Å². The fourth-order valence-electron chi connectivity index (χ4n) is 1.74. The summed E-state index contributed by atoms with van der Waals surface area (Å²) in [4.78, 5) is 24.1. The van der Waals surface area contributed by atoms with Crippen LogP contribution in [-0.2, 0) is 7.05 Å². The quantitative estimate of drug-likeness (QED) is 0.900. The third-order valence-corrected chi connectivity index (χ3v) is 4.00. The van der Waals surface area contributed by atoms with Crippen molar-refractivity contribution in [2.24, 2.45) is 7.05 Å². The van der Waals surface area contributed by atoms with Gasteiger partial charge in [-0.1, -0.05) is 0 Å². The first kappa shape index (κ1) is 13.3. The van der Waals surface area contributed by atoms with Crippen molar-refractivity contribution in [2.45, 2.75) is 13.8 Å². The third-order valence-electron chi connectivity index (χ3n) is 2.88. The van der Waals surface area contributed by atoms with Crippen LogP contribution in [0, 0.1) is 13.8 Å². The highest BCUT2D eigenvalue weighted by atomic mass is 32.1. The minimum atomic E-state index is -1.04. The number of rotatable bonds is 3. The van der Waals surface area contributed by atoms with E-state index in [9.17, 15) is 14.7 Å². The van der Waals surface area contributed by atoms with Crippen molar-refractivity contribution < 1.29 is 14.7 Å². The molecule has 2 heterocycles. The van der Waals surface area contributed by atoms with Crippen LogP contribution in [0.4, 0.5) is 5.00 Å². The van der Waals surface area contributed by atoms with Crippen LogP contribution in [0.15, 0.2) is 12.3 Å². The number of nitrogens with zero attached hydrogens (tertiary/aromatic N) is 2. The molecule has 0 saturated heterocycles. The van der Waals surface area contributed by atoms with Gasteiger partial charge < -0.3 is 10.4 Å². The Morgan fingerprint density at radius 2 is 2.11 bits per heavy atom. The molecule has 2 rings (SSSR count). The molecule has 0 bridgehead atoms. The molecular weight excluding hydrogens is 266 g/mol. The Balaban J connectivity index is 2.35. The van der Waals surface area contributed by atoms with Gasteiger partial charge in [0.15, 0.2) is 0 Å². The van der Waals surface area contributed by atoms with Crippen molar-refractivity contribution in [3.8, 4) is 0 Å². The zero-order chi connectivity index (χ0) is 14.2. The van der Waals surface area contributed by atoms with E-state index in [-0.39, 0.29) is 11.5 Å². The maximum Gasteiger partial charge on any atom is 0.338 e. The highest BCUT2D eigenvalue weighted by molar-refractivity contribution is 7.16. The van der Waals surface area contributed by atoms with Gasteiger partial charge in [-0.05, 0) is 25.5 Å². The lowest BCUT2D eigenvalue weighted by Crippen LogP contribution is -2.17. The van der Waals surface area contributed by atoms with Gasteiger partial charge in [0, 0.05) is 18.1 Å². The summed E-state index contributed by atoms with van der Waals surface area (Å²) < 4.78 is 1.43. The Labute approximate surface area is 113 Å². The van der Waals surface area contributed by atoms with Gasteiger partial charge >= 0.3 is 5.97 Å². The molecule has 0 aliphatic heterocycles. The maximum absolute atomic E-state index is 12.0. The molecule has 0 unspecified atom stereocenters. The molecule has 0 fully saturated rings. The van der Waals surface area contributed by atoms with E-state index in [1.54, 1.807) is 20.0 Å². The summed E-state index contributed by atoms with van der Waals surface area (Å²) >= 11 is 1.26. The lowest BCUT2D eigenvalue weighted by Gasteiger charge is -2.04. The van der Waals surface area contributed by atoms with E-state index >= 15 is 0 Å². The van der Waals surface area contributed by atoms with Crippen LogP contribution in [0.25, 0.3) is 0 Å². The highest BCUT2D eigenvalue weighted by Crippen LogP contribution is 2.32. The minimum absolute atomic E-state index is 0.151. The summed E-state index contributed by atoms with van der Waals surface area (Å²) in [6.07, 6.45) is 1.51. The van der Waals surface area contributed by atoms with Crippen LogP contribution in [0.1, 0.15) is 31.3 Å². The summed E-state index contributed by atoms with van der Waals surface area (Å²) in [6.45, 7) is 3.56. The van der Waals surface area contributed by atoms with Gasteiger partial charge in [-0.15, -0.1) is 11.3 Å². The van der Waals surface area contributed by atoms with Crippen molar-refractivity contribution in [2.75, 3.05) is 5.32 Å². The molecule has 2 N–H and O–H groups in total. The van der Waals surface area contributed by atoms with Crippen molar-refractivity contribution in [3.05, 3.63) is 34.0 Å². The van der Waals surface area contributed by atoms with E-state index in [2.05, 4.69) is 10.4 Å². The molecule has 0 saturated carbocycles. The molecule has 19 heavy (non-hydrogen) atoms. The van der Waals surface area contributed by atoms with Crippen LogP contribution < -0.4 is 5.32 Å². The lowest BCUT2D eigenvalue weighted by molar-refractivity contribution is 0.0697. The summed E-state index contributed by atoms with van der Waals surface area (Å²) in [6, 6.07) is 1.57. The van der Waals surface area contributed by atoms with Crippen LogP contribution in [0.2, 0.25) is 0 Å². The Morgan fingerprint density at radius 1 is 1.42 bits per heavy atom. The van der Waals surface area contributed by atoms with Crippen molar-refractivity contribution in [1.82, 2.24) is 9.78 Å². The molecule has 100 valence electrons. The Kier molecular flexibility index (Phi) is 3.39. The lowest BCUT2D eigenvalue weighted by atomic mass is 10.1. The van der Waals surface area contributed by atoms with E-state index < -0.39 is 5.97 Å². The largest absolute Gasteiger partial charge is 0.478 e. The number of amides is 1. The van der Waals surface area contributed by atoms with Gasteiger partial charge in [-0.3, -0.25) is 9.48 Å². The SMILES string of the molecule is Cc1sc(NC(=O)c2ccnn2C)c(C(=O)O)c1C. The molecule has 2 aromatic heterocycles. The summed E-state index contributed by atoms with van der Waals surface area (Å²) in [5.41, 5.74) is 1.20. The number of nitrogens with one attached hydrogen (secondary N) is 1. The monoisotopic (exact) mass is 279 g/mol. The van der Waals surface area contributed by atoms with Crippen molar-refractivity contribution >= 4 is 28.2 Å². The average molecular weight is 279 g/mol. The third kappa shape index (κ3) is 2.37. The van der Waals surface area contributed by atoms with Gasteiger partial charge in [-0.25, -0.2) is 4.79 Å². The molecule has 0 radical (unpaired) electrons. The van der Waals surface area contributed by atoms with E-state index in [1.165, 1.54) is 22.2 Å². The minimum Gasteiger partial charge on any atom is -0.478 e. The van der Waals surface area contributed by atoms with Crippen LogP contribution in [0.5, 0.6) is 0 Å². The summed E-state index contributed by atoms with van der Waals surface area (Å²) in [7, 11) is 1.65. The Hall–Kier alpha value is -2.15. The standard InChI is InChI=1S/C12H13N3O3S/c1-6-7(2)19-11(9(6)12(17)18)14-10(16)8-4-5-13-15(8)3/h4-5H,1-3H3,(H,14,16)(H,17,18). The second-order valence-corrected chi connectivity index (χ2v) is 5.31. The summed E-state index contributed by atoms with van der Waals surface area (Å²) in [5, 5.41) is 16.1. The van der Waals surface area contributed by atoms with Gasteiger partial charge in [-0.2, -0.15) is 5.10 Å². The van der Waals surface area contributed by atoms with Crippen LogP contribution in [0.3, 0.4) is 0 Å². The van der Waals surface area contributed by atoms with E-state index in [4.69, 9.17) is 0 Å². The van der Waals surface area contributed by atoms with Crippen molar-refractivity contribution in [1.29, 1.82) is 0 Å². The average Bonchev–Trinajstić information content (AvgIpc) is 2.84. The molecule has 0 aliphatic carbocycles. The second-order valence-electron chi connectivity index (χ2n) is 4.09. The number of aromatic nitrogens is 2. The molecule has 0 atom stereocenters. The number of anilines is 1. The van der Waals surface area contributed by atoms with Crippen LogP contribution >= 0.6 is 11.3 Å². The maximum atomic E-state index is 12.0.